The summed E-state index contributed by atoms with van der Waals surface area (Å²) in [6.45, 7) is 14.0. The second kappa shape index (κ2) is 11.1. The van der Waals surface area contributed by atoms with Crippen molar-refractivity contribution in [2.24, 2.45) is 23.2 Å². The van der Waals surface area contributed by atoms with E-state index in [2.05, 4.69) is 62.1 Å². The van der Waals surface area contributed by atoms with Crippen LogP contribution in [0.25, 0.3) is 0 Å². The minimum atomic E-state index is -0.00633. The molecule has 0 unspecified atom stereocenters. The third-order valence-electron chi connectivity index (χ3n) is 6.58. The van der Waals surface area contributed by atoms with Crippen molar-refractivity contribution < 1.29 is 9.53 Å². The summed E-state index contributed by atoms with van der Waals surface area (Å²) in [5, 5.41) is 0. The zero-order chi connectivity index (χ0) is 19.0. The van der Waals surface area contributed by atoms with E-state index in [-0.39, 0.29) is 12.1 Å². The van der Waals surface area contributed by atoms with Gasteiger partial charge in [0.15, 0.2) is 0 Å². The highest BCUT2D eigenvalue weighted by Crippen LogP contribution is 2.61. The predicted octanol–water partition coefficient (Wildman–Crippen LogP) is 5.55. The molecule has 4 atom stereocenters. The highest BCUT2D eigenvalue weighted by molar-refractivity contribution is 14.1. The van der Waals surface area contributed by atoms with Crippen molar-refractivity contribution in [3.8, 4) is 0 Å². The molecule has 0 N–H and O–H groups in total. The van der Waals surface area contributed by atoms with E-state index in [4.69, 9.17) is 4.74 Å². The molecular formula is C21H40INO2. The van der Waals surface area contributed by atoms with Crippen molar-refractivity contribution in [2.75, 3.05) is 24.6 Å². The quantitative estimate of drug-likeness (QED) is 0.254. The number of carbonyl (C=O) groups excluding carboxylic acids is 1. The lowest BCUT2D eigenvalue weighted by Gasteiger charge is -2.61. The number of nitrogens with zero attached hydrogens (tertiary/aromatic N) is 1. The third-order valence-corrected chi connectivity index (χ3v) is 6.58. The molecule has 0 spiro atoms. The number of rotatable bonds is 9. The Bertz CT molecular complexity index is 391. The van der Waals surface area contributed by atoms with Gasteiger partial charge in [0.25, 0.3) is 0 Å². The highest BCUT2D eigenvalue weighted by Gasteiger charge is 2.57. The first-order valence-corrected chi connectivity index (χ1v) is 12.4. The molecule has 0 amide bonds. The summed E-state index contributed by atoms with van der Waals surface area (Å²) in [6.07, 6.45) is 7.23. The number of halogens is 1. The molecule has 3 aliphatic carbocycles. The van der Waals surface area contributed by atoms with Gasteiger partial charge in [0.1, 0.15) is 6.10 Å². The smallest absolute Gasteiger partial charge is 0.320 e. The standard InChI is InChI=1S/C20H37NO2.CH3I/c1-6-8-10-21(11-9-7-2)14-19(22)23-18-13-16-12-17(15(18)3)20(16,4)5;1-2/h15-18H,6-14H2,1-5H3;1H3/t15-,16+,17-,18-;/m1./s1. The molecule has 0 aromatic heterocycles. The second-order valence-corrected chi connectivity index (χ2v) is 8.47. The molecule has 3 fully saturated rings. The van der Waals surface area contributed by atoms with Crippen molar-refractivity contribution in [2.45, 2.75) is 79.2 Å². The maximum Gasteiger partial charge on any atom is 0.320 e. The SMILES string of the molecule is CCCCN(CCCC)CC(=O)O[C@@H]1C[C@@H]2C[C@H]([C@H]1C)C2(C)C.CI. The summed E-state index contributed by atoms with van der Waals surface area (Å²) >= 11 is 2.15. The fourth-order valence-corrected chi connectivity index (χ4v) is 4.68. The van der Waals surface area contributed by atoms with Gasteiger partial charge in [-0.3, -0.25) is 9.69 Å². The van der Waals surface area contributed by atoms with Crippen LogP contribution in [0.3, 0.4) is 0 Å². The molecule has 0 heterocycles. The Morgan fingerprint density at radius 1 is 1.12 bits per heavy atom. The highest BCUT2D eigenvalue weighted by atomic mass is 127. The van der Waals surface area contributed by atoms with Gasteiger partial charge in [0.05, 0.1) is 6.54 Å². The summed E-state index contributed by atoms with van der Waals surface area (Å²) < 4.78 is 5.91. The lowest BCUT2D eigenvalue weighted by molar-refractivity contribution is -0.186. The molecular weight excluding hydrogens is 425 g/mol. The minimum absolute atomic E-state index is 0.00633. The molecule has 0 radical (unpaired) electrons. The third kappa shape index (κ3) is 6.08. The molecule has 148 valence electrons. The lowest BCUT2D eigenvalue weighted by atomic mass is 9.45. The predicted molar refractivity (Wildman–Crippen MR) is 115 cm³/mol. The lowest BCUT2D eigenvalue weighted by Crippen LogP contribution is -2.57. The van der Waals surface area contributed by atoms with Crippen LogP contribution >= 0.6 is 22.6 Å². The zero-order valence-electron chi connectivity index (χ0n) is 17.3. The summed E-state index contributed by atoms with van der Waals surface area (Å²) in [5.74, 6) is 1.99. The molecule has 3 aliphatic rings. The van der Waals surface area contributed by atoms with E-state index >= 15 is 0 Å². The number of fused-ring (bicyclic) bond motifs is 2. The van der Waals surface area contributed by atoms with Crippen molar-refractivity contribution in [1.29, 1.82) is 0 Å². The largest absolute Gasteiger partial charge is 0.461 e. The molecule has 3 rings (SSSR count). The van der Waals surface area contributed by atoms with Crippen LogP contribution in [-0.4, -0.2) is 41.5 Å². The van der Waals surface area contributed by atoms with Gasteiger partial charge < -0.3 is 4.74 Å². The van der Waals surface area contributed by atoms with E-state index in [1.165, 1.54) is 19.3 Å². The van der Waals surface area contributed by atoms with E-state index in [0.717, 1.165) is 44.2 Å². The van der Waals surface area contributed by atoms with Crippen LogP contribution in [0.4, 0.5) is 0 Å². The van der Waals surface area contributed by atoms with Crippen LogP contribution in [-0.2, 0) is 9.53 Å². The van der Waals surface area contributed by atoms with Crippen LogP contribution in [0.5, 0.6) is 0 Å². The Morgan fingerprint density at radius 2 is 1.68 bits per heavy atom. The Morgan fingerprint density at radius 3 is 2.12 bits per heavy atom. The van der Waals surface area contributed by atoms with Crippen LogP contribution in [0.2, 0.25) is 0 Å². The number of ether oxygens (including phenoxy) is 1. The van der Waals surface area contributed by atoms with Gasteiger partial charge in [0, 0.05) is 0 Å². The van der Waals surface area contributed by atoms with Crippen molar-refractivity contribution in [3.63, 3.8) is 0 Å². The normalized spacial score (nSPS) is 29.4. The number of esters is 1. The number of hydrogen-bond donors (Lipinski definition) is 0. The molecule has 0 saturated heterocycles. The number of alkyl halides is 1. The van der Waals surface area contributed by atoms with E-state index in [0.29, 0.717) is 17.9 Å². The average molecular weight is 465 g/mol. The summed E-state index contributed by atoms with van der Waals surface area (Å²) in [4.78, 5) is 16.7. The van der Waals surface area contributed by atoms with Gasteiger partial charge in [0.2, 0.25) is 0 Å². The first-order valence-electron chi connectivity index (χ1n) is 10.2. The van der Waals surface area contributed by atoms with E-state index in [1.807, 2.05) is 4.93 Å². The molecule has 3 saturated carbocycles. The first kappa shape index (κ1) is 23.2. The van der Waals surface area contributed by atoms with Gasteiger partial charge in [-0.2, -0.15) is 0 Å². The van der Waals surface area contributed by atoms with Gasteiger partial charge >= 0.3 is 5.97 Å². The maximum atomic E-state index is 12.4. The number of hydrogen-bond acceptors (Lipinski definition) is 3. The molecule has 0 aliphatic heterocycles. The molecule has 2 bridgehead atoms. The fourth-order valence-electron chi connectivity index (χ4n) is 4.68. The van der Waals surface area contributed by atoms with Crippen LogP contribution < -0.4 is 0 Å². The Balaban J connectivity index is 0.00000151. The fraction of sp³-hybridized carbons (Fsp3) is 0.952. The molecule has 3 nitrogen and oxygen atoms in total. The Labute approximate surface area is 169 Å². The average Bonchev–Trinajstić information content (AvgIpc) is 2.60. The number of unbranched alkanes of at least 4 members (excludes halogenated alkanes) is 2. The van der Waals surface area contributed by atoms with Crippen molar-refractivity contribution >= 4 is 28.6 Å². The summed E-state index contributed by atoms with van der Waals surface area (Å²) in [6, 6.07) is 0. The van der Waals surface area contributed by atoms with Gasteiger partial charge in [-0.15, -0.1) is 0 Å². The van der Waals surface area contributed by atoms with Gasteiger partial charge in [-0.25, -0.2) is 0 Å². The van der Waals surface area contributed by atoms with Crippen molar-refractivity contribution in [3.05, 3.63) is 0 Å². The van der Waals surface area contributed by atoms with E-state index in [1.54, 1.807) is 0 Å². The topological polar surface area (TPSA) is 29.5 Å². The van der Waals surface area contributed by atoms with Crippen LogP contribution in [0, 0.1) is 23.2 Å². The minimum Gasteiger partial charge on any atom is -0.461 e. The van der Waals surface area contributed by atoms with Gasteiger partial charge in [-0.05, 0) is 66.9 Å². The summed E-state index contributed by atoms with van der Waals surface area (Å²) in [7, 11) is 0. The molecule has 25 heavy (non-hydrogen) atoms. The molecule has 4 heteroatoms. The van der Waals surface area contributed by atoms with Crippen LogP contribution in [0.15, 0.2) is 0 Å². The monoisotopic (exact) mass is 465 g/mol. The van der Waals surface area contributed by atoms with E-state index < -0.39 is 0 Å². The van der Waals surface area contributed by atoms with Gasteiger partial charge in [-0.1, -0.05) is 70.1 Å². The first-order chi connectivity index (χ1) is 11.9. The maximum absolute atomic E-state index is 12.4. The number of carbonyl (C=O) groups is 1. The Kier molecular flexibility index (Phi) is 10.3. The molecule has 0 aromatic rings. The zero-order valence-corrected chi connectivity index (χ0v) is 19.5. The van der Waals surface area contributed by atoms with Crippen LogP contribution in [0.1, 0.15) is 73.1 Å². The van der Waals surface area contributed by atoms with E-state index in [9.17, 15) is 4.79 Å². The van der Waals surface area contributed by atoms with Crippen molar-refractivity contribution in [1.82, 2.24) is 4.90 Å². The Hall–Kier alpha value is 0.160. The summed E-state index contributed by atoms with van der Waals surface area (Å²) in [5.41, 5.74) is 0.455. The molecule has 0 aromatic carbocycles. The second-order valence-electron chi connectivity index (χ2n) is 8.47.